The highest BCUT2D eigenvalue weighted by Crippen LogP contribution is 2.25. The molecule has 0 spiro atoms. The van der Waals surface area contributed by atoms with Crippen molar-refractivity contribution in [2.24, 2.45) is 0 Å². The van der Waals surface area contributed by atoms with Gasteiger partial charge in [-0.2, -0.15) is 0 Å². The summed E-state index contributed by atoms with van der Waals surface area (Å²) in [5.41, 5.74) is 2.23. The molecule has 0 fully saturated rings. The Balaban J connectivity index is 2.38. The maximum absolute atomic E-state index is 14.0. The molecule has 94 valence electrons. The first kappa shape index (κ1) is 12.5. The minimum absolute atomic E-state index is 0.240. The summed E-state index contributed by atoms with van der Waals surface area (Å²) in [7, 11) is 3.37. The Morgan fingerprint density at radius 1 is 1.28 bits per heavy atom. The van der Waals surface area contributed by atoms with Crippen LogP contribution in [-0.4, -0.2) is 19.1 Å². The molecule has 0 aliphatic carbocycles. The van der Waals surface area contributed by atoms with Crippen molar-refractivity contribution in [3.63, 3.8) is 0 Å². The van der Waals surface area contributed by atoms with Gasteiger partial charge in [-0.3, -0.25) is 0 Å². The maximum Gasteiger partial charge on any atom is 0.213 e. The van der Waals surface area contributed by atoms with E-state index in [-0.39, 0.29) is 5.82 Å². The quantitative estimate of drug-likeness (QED) is 0.900. The first-order valence-electron chi connectivity index (χ1n) is 5.68. The van der Waals surface area contributed by atoms with Crippen LogP contribution in [0.4, 0.5) is 4.39 Å². The van der Waals surface area contributed by atoms with E-state index in [4.69, 9.17) is 4.74 Å². The normalized spacial score (nSPS) is 10.4. The van der Waals surface area contributed by atoms with Gasteiger partial charge in [0, 0.05) is 24.4 Å². The Morgan fingerprint density at radius 3 is 2.78 bits per heavy atom. The van der Waals surface area contributed by atoms with Crippen LogP contribution in [-0.2, 0) is 6.54 Å². The van der Waals surface area contributed by atoms with Gasteiger partial charge in [-0.15, -0.1) is 0 Å². The Bertz CT molecular complexity index is 543. The average molecular weight is 246 g/mol. The summed E-state index contributed by atoms with van der Waals surface area (Å²) in [5.74, 6) is 0.238. The van der Waals surface area contributed by atoms with E-state index in [0.717, 1.165) is 11.1 Å². The molecule has 4 heteroatoms. The van der Waals surface area contributed by atoms with E-state index in [0.29, 0.717) is 18.0 Å². The van der Waals surface area contributed by atoms with Crippen molar-refractivity contribution >= 4 is 0 Å². The van der Waals surface area contributed by atoms with E-state index in [1.54, 1.807) is 37.6 Å². The summed E-state index contributed by atoms with van der Waals surface area (Å²) < 4.78 is 19.0. The molecule has 0 atom stereocenters. The third-order valence-corrected chi connectivity index (χ3v) is 2.67. The van der Waals surface area contributed by atoms with Crippen molar-refractivity contribution < 1.29 is 9.13 Å². The number of hydrogen-bond donors (Lipinski definition) is 1. The summed E-state index contributed by atoms with van der Waals surface area (Å²) in [5, 5.41) is 2.99. The minimum atomic E-state index is -0.240. The molecule has 2 aromatic rings. The number of nitrogens with one attached hydrogen (secondary N) is 1. The van der Waals surface area contributed by atoms with Gasteiger partial charge in [-0.1, -0.05) is 12.1 Å². The lowest BCUT2D eigenvalue weighted by Gasteiger charge is -2.07. The second-order valence-corrected chi connectivity index (χ2v) is 3.93. The van der Waals surface area contributed by atoms with Crippen LogP contribution < -0.4 is 10.1 Å². The lowest BCUT2D eigenvalue weighted by atomic mass is 10.0. The fraction of sp³-hybridized carbons (Fsp3) is 0.214. The number of methoxy groups -OCH3 is 1. The number of rotatable bonds is 4. The average Bonchev–Trinajstić information content (AvgIpc) is 2.39. The van der Waals surface area contributed by atoms with E-state index in [2.05, 4.69) is 10.3 Å². The van der Waals surface area contributed by atoms with Crippen LogP contribution in [0.1, 0.15) is 5.56 Å². The van der Waals surface area contributed by atoms with Gasteiger partial charge in [0.1, 0.15) is 5.82 Å². The third kappa shape index (κ3) is 2.65. The van der Waals surface area contributed by atoms with Gasteiger partial charge in [0.15, 0.2) is 0 Å². The van der Waals surface area contributed by atoms with Crippen LogP contribution in [0.15, 0.2) is 36.5 Å². The topological polar surface area (TPSA) is 34.2 Å². The molecule has 0 saturated heterocycles. The smallest absolute Gasteiger partial charge is 0.213 e. The number of benzene rings is 1. The van der Waals surface area contributed by atoms with Gasteiger partial charge in [0.25, 0.3) is 0 Å². The van der Waals surface area contributed by atoms with Gasteiger partial charge in [-0.05, 0) is 30.3 Å². The molecular formula is C14H15FN2O. The molecule has 1 heterocycles. The summed E-state index contributed by atoms with van der Waals surface area (Å²) in [6, 6.07) is 8.70. The highest BCUT2D eigenvalue weighted by Gasteiger charge is 2.07. The predicted molar refractivity (Wildman–Crippen MR) is 68.9 cm³/mol. The van der Waals surface area contributed by atoms with E-state index < -0.39 is 0 Å². The molecule has 3 nitrogen and oxygen atoms in total. The fourth-order valence-electron chi connectivity index (χ4n) is 1.80. The summed E-state index contributed by atoms with van der Waals surface area (Å²) in [6.45, 7) is 0.650. The van der Waals surface area contributed by atoms with Gasteiger partial charge in [0.2, 0.25) is 5.88 Å². The molecule has 0 unspecified atom stereocenters. The van der Waals surface area contributed by atoms with E-state index in [1.807, 2.05) is 13.1 Å². The van der Waals surface area contributed by atoms with E-state index in [9.17, 15) is 4.39 Å². The molecule has 1 aromatic carbocycles. The summed E-state index contributed by atoms with van der Waals surface area (Å²) in [6.07, 6.45) is 1.61. The second-order valence-electron chi connectivity index (χ2n) is 3.93. The highest BCUT2D eigenvalue weighted by molar-refractivity contribution is 5.65. The molecule has 0 aliphatic rings. The largest absolute Gasteiger partial charge is 0.481 e. The minimum Gasteiger partial charge on any atom is -0.481 e. The zero-order valence-electron chi connectivity index (χ0n) is 10.4. The Kier molecular flexibility index (Phi) is 3.89. The van der Waals surface area contributed by atoms with Crippen molar-refractivity contribution in [2.75, 3.05) is 14.2 Å². The van der Waals surface area contributed by atoms with Crippen LogP contribution in [0.3, 0.4) is 0 Å². The number of aromatic nitrogens is 1. The van der Waals surface area contributed by atoms with Crippen LogP contribution >= 0.6 is 0 Å². The second kappa shape index (κ2) is 5.60. The number of halogens is 1. The molecule has 0 bridgehead atoms. The lowest BCUT2D eigenvalue weighted by molar-refractivity contribution is 0.398. The summed E-state index contributed by atoms with van der Waals surface area (Å²) in [4.78, 5) is 4.01. The van der Waals surface area contributed by atoms with Gasteiger partial charge < -0.3 is 10.1 Å². The Morgan fingerprint density at radius 2 is 2.11 bits per heavy atom. The molecule has 0 aliphatic heterocycles. The van der Waals surface area contributed by atoms with Crippen molar-refractivity contribution in [3.05, 3.63) is 47.9 Å². The molecule has 0 radical (unpaired) electrons. The number of hydrogen-bond acceptors (Lipinski definition) is 3. The van der Waals surface area contributed by atoms with Crippen molar-refractivity contribution in [2.45, 2.75) is 6.54 Å². The molecule has 0 saturated carbocycles. The van der Waals surface area contributed by atoms with Crippen LogP contribution in [0.25, 0.3) is 11.1 Å². The van der Waals surface area contributed by atoms with Crippen LogP contribution in [0.5, 0.6) is 5.88 Å². The number of pyridine rings is 1. The Hall–Kier alpha value is -1.94. The fourth-order valence-corrected chi connectivity index (χ4v) is 1.80. The molecular weight excluding hydrogens is 231 g/mol. The first-order valence-corrected chi connectivity index (χ1v) is 5.68. The predicted octanol–water partition coefficient (Wildman–Crippen LogP) is 2.62. The molecule has 0 amide bonds. The standard InChI is InChI=1S/C14H15FN2O/c1-16-9-10-3-4-12(13(15)7-10)11-5-6-17-14(8-11)18-2/h3-8,16H,9H2,1-2H3. The number of nitrogens with zero attached hydrogens (tertiary/aromatic N) is 1. The molecule has 2 rings (SSSR count). The summed E-state index contributed by atoms with van der Waals surface area (Å²) >= 11 is 0. The first-order chi connectivity index (χ1) is 8.74. The van der Waals surface area contributed by atoms with Gasteiger partial charge in [0.05, 0.1) is 7.11 Å². The highest BCUT2D eigenvalue weighted by atomic mass is 19.1. The monoisotopic (exact) mass is 246 g/mol. The van der Waals surface area contributed by atoms with Crippen LogP contribution in [0, 0.1) is 5.82 Å². The zero-order valence-corrected chi connectivity index (χ0v) is 10.4. The van der Waals surface area contributed by atoms with E-state index in [1.165, 1.54) is 0 Å². The van der Waals surface area contributed by atoms with Crippen molar-refractivity contribution in [1.29, 1.82) is 0 Å². The molecule has 18 heavy (non-hydrogen) atoms. The van der Waals surface area contributed by atoms with Crippen molar-refractivity contribution in [3.8, 4) is 17.0 Å². The molecule has 1 aromatic heterocycles. The Labute approximate surface area is 106 Å². The molecule has 1 N–H and O–H groups in total. The van der Waals surface area contributed by atoms with Gasteiger partial charge >= 0.3 is 0 Å². The van der Waals surface area contributed by atoms with E-state index >= 15 is 0 Å². The third-order valence-electron chi connectivity index (χ3n) is 2.67. The van der Waals surface area contributed by atoms with Crippen LogP contribution in [0.2, 0.25) is 0 Å². The van der Waals surface area contributed by atoms with Crippen molar-refractivity contribution in [1.82, 2.24) is 10.3 Å². The lowest BCUT2D eigenvalue weighted by Crippen LogP contribution is -2.05. The maximum atomic E-state index is 14.0. The number of ether oxygens (including phenoxy) is 1. The zero-order chi connectivity index (χ0) is 13.0. The SMILES string of the molecule is CNCc1ccc(-c2ccnc(OC)c2)c(F)c1. The van der Waals surface area contributed by atoms with Gasteiger partial charge in [-0.25, -0.2) is 9.37 Å².